The average molecular weight is 434 g/mol. The Morgan fingerprint density at radius 3 is 2.71 bits per heavy atom. The van der Waals surface area contributed by atoms with Crippen LogP contribution in [0, 0.1) is 0 Å². The lowest BCUT2D eigenvalue weighted by molar-refractivity contribution is -0.0429. The number of nitrogens with one attached hydrogen (secondary N) is 1. The summed E-state index contributed by atoms with van der Waals surface area (Å²) in [4.78, 5) is 1.98. The van der Waals surface area contributed by atoms with Gasteiger partial charge in [-0.05, 0) is 37.0 Å². The highest BCUT2D eigenvalue weighted by molar-refractivity contribution is 7.93. The van der Waals surface area contributed by atoms with Crippen LogP contribution in [0.5, 0.6) is 0 Å². The molecule has 0 bridgehead atoms. The molecule has 13 heteroatoms. The summed E-state index contributed by atoms with van der Waals surface area (Å²) in [5.41, 5.74) is -2.79. The number of benzene rings is 1. The number of azo groups is 1. The van der Waals surface area contributed by atoms with Gasteiger partial charge in [0.25, 0.3) is 5.13 Å². The van der Waals surface area contributed by atoms with Crippen molar-refractivity contribution < 1.29 is 21.6 Å². The molecule has 1 aliphatic rings. The lowest BCUT2D eigenvalue weighted by Crippen LogP contribution is -2.32. The summed E-state index contributed by atoms with van der Waals surface area (Å²) >= 11 is 1.09. The zero-order chi connectivity index (χ0) is 20.5. The molecule has 1 unspecified atom stereocenters. The third-order valence-corrected chi connectivity index (χ3v) is 6.04. The number of rotatable bonds is 5. The molecule has 1 N–H and O–H groups in total. The molecule has 152 valence electrons. The van der Waals surface area contributed by atoms with Crippen LogP contribution in [0.15, 0.2) is 27.9 Å². The van der Waals surface area contributed by atoms with Crippen LogP contribution in [-0.2, 0) is 10.0 Å². The monoisotopic (exact) mass is 434 g/mol. The van der Waals surface area contributed by atoms with Gasteiger partial charge in [0.1, 0.15) is 11.2 Å². The Kier molecular flexibility index (Phi) is 5.57. The summed E-state index contributed by atoms with van der Waals surface area (Å²) in [6, 6.07) is 2.95. The van der Waals surface area contributed by atoms with Crippen LogP contribution < -0.4 is 9.62 Å². The lowest BCUT2D eigenvalue weighted by Gasteiger charge is -2.34. The number of alkyl halides is 3. The third kappa shape index (κ3) is 4.09. The minimum absolute atomic E-state index is 0.0217. The highest BCUT2D eigenvalue weighted by Crippen LogP contribution is 2.43. The van der Waals surface area contributed by atoms with Crippen molar-refractivity contribution in [3.63, 3.8) is 0 Å². The Morgan fingerprint density at radius 1 is 1.36 bits per heavy atom. The number of sulfonamides is 1. The number of hydrogen-bond donors (Lipinski definition) is 1. The van der Waals surface area contributed by atoms with Crippen molar-refractivity contribution in [2.24, 2.45) is 10.2 Å². The normalized spacial score (nSPS) is 17.8. The van der Waals surface area contributed by atoms with Crippen molar-refractivity contribution in [2.45, 2.75) is 31.7 Å². The first-order valence-corrected chi connectivity index (χ1v) is 10.7. The van der Waals surface area contributed by atoms with Gasteiger partial charge in [-0.2, -0.15) is 21.6 Å². The van der Waals surface area contributed by atoms with Crippen molar-refractivity contribution in [3.8, 4) is 0 Å². The van der Waals surface area contributed by atoms with E-state index in [4.69, 9.17) is 0 Å². The molecule has 2 heterocycles. The minimum atomic E-state index is -5.61. The molecule has 2 aromatic rings. The first-order chi connectivity index (χ1) is 13.1. The third-order valence-electron chi connectivity index (χ3n) is 4.37. The highest BCUT2D eigenvalue weighted by Gasteiger charge is 2.46. The molecule has 0 saturated carbocycles. The van der Waals surface area contributed by atoms with Crippen LogP contribution >= 0.6 is 11.3 Å². The summed E-state index contributed by atoms with van der Waals surface area (Å²) in [6.45, 7) is 5.28. The van der Waals surface area contributed by atoms with Gasteiger partial charge in [0.15, 0.2) is 0 Å². The van der Waals surface area contributed by atoms with Gasteiger partial charge in [-0.15, -0.1) is 20.4 Å². The van der Waals surface area contributed by atoms with E-state index in [0.29, 0.717) is 12.2 Å². The molecule has 1 aliphatic heterocycles. The summed E-state index contributed by atoms with van der Waals surface area (Å²) in [5.74, 6) is 0.140. The minimum Gasteiger partial charge on any atom is -0.371 e. The van der Waals surface area contributed by atoms with Gasteiger partial charge < -0.3 is 4.90 Å². The van der Waals surface area contributed by atoms with Crippen molar-refractivity contribution in [1.29, 1.82) is 0 Å². The Balaban J connectivity index is 2.11. The second kappa shape index (κ2) is 7.62. The van der Waals surface area contributed by atoms with E-state index in [1.807, 2.05) is 18.7 Å². The molecular formula is C15H17F3N6O2S2. The molecule has 1 atom stereocenters. The topological polar surface area (TPSA) is 99.9 Å². The highest BCUT2D eigenvalue weighted by atomic mass is 32.2. The van der Waals surface area contributed by atoms with E-state index in [0.717, 1.165) is 29.9 Å². The van der Waals surface area contributed by atoms with Gasteiger partial charge in [0, 0.05) is 18.8 Å². The van der Waals surface area contributed by atoms with Crippen LogP contribution in [0.1, 0.15) is 31.7 Å². The van der Waals surface area contributed by atoms with Crippen LogP contribution in [-0.4, -0.2) is 37.2 Å². The smallest absolute Gasteiger partial charge is 0.371 e. The van der Waals surface area contributed by atoms with Crippen molar-refractivity contribution in [1.82, 2.24) is 10.2 Å². The van der Waals surface area contributed by atoms with Gasteiger partial charge in [0.2, 0.25) is 0 Å². The fraction of sp³-hybridized carbons (Fsp3) is 0.467. The molecule has 8 nitrogen and oxygen atoms in total. The summed E-state index contributed by atoms with van der Waals surface area (Å²) in [5, 5.41) is 15.3. The fourth-order valence-electron chi connectivity index (χ4n) is 2.89. The number of halogens is 3. The average Bonchev–Trinajstić information content (AvgIpc) is 3.13. The second-order valence-electron chi connectivity index (χ2n) is 6.17. The van der Waals surface area contributed by atoms with Gasteiger partial charge in [-0.1, -0.05) is 18.3 Å². The van der Waals surface area contributed by atoms with Gasteiger partial charge in [0.05, 0.1) is 5.69 Å². The largest absolute Gasteiger partial charge is 0.516 e. The van der Waals surface area contributed by atoms with Gasteiger partial charge in [-0.25, -0.2) is 0 Å². The van der Waals surface area contributed by atoms with Gasteiger partial charge in [-0.3, -0.25) is 4.72 Å². The molecule has 0 amide bonds. The first kappa shape index (κ1) is 20.5. The maximum absolute atomic E-state index is 12.9. The second-order valence-corrected chi connectivity index (χ2v) is 8.66. The predicted molar refractivity (Wildman–Crippen MR) is 100 cm³/mol. The van der Waals surface area contributed by atoms with Crippen LogP contribution in [0.4, 0.5) is 35.4 Å². The van der Waals surface area contributed by atoms with Crippen molar-refractivity contribution in [3.05, 3.63) is 23.2 Å². The number of anilines is 2. The predicted octanol–water partition coefficient (Wildman–Crippen LogP) is 4.55. The Labute approximate surface area is 163 Å². The van der Waals surface area contributed by atoms with Crippen LogP contribution in [0.2, 0.25) is 0 Å². The van der Waals surface area contributed by atoms with E-state index in [2.05, 4.69) is 20.4 Å². The molecular weight excluding hydrogens is 417 g/mol. The molecule has 0 radical (unpaired) electrons. The Morgan fingerprint density at radius 2 is 2.11 bits per heavy atom. The Hall–Kier alpha value is -2.28. The number of hydrogen-bond acceptors (Lipinski definition) is 8. The standard InChI is InChI=1S/C15H17F3N6O2S2/c1-3-24-5-4-9(2)10-6-11(20-22-14-21-19-8-27-14)12(7-13(10)24)23-28(25,26)15(16,17)18/h6-9,23H,3-5H2,1-2H3. The molecule has 3 rings (SSSR count). The van der Waals surface area contributed by atoms with Crippen LogP contribution in [0.25, 0.3) is 0 Å². The quantitative estimate of drug-likeness (QED) is 0.696. The molecule has 0 spiro atoms. The molecule has 28 heavy (non-hydrogen) atoms. The van der Waals surface area contributed by atoms with E-state index >= 15 is 0 Å². The number of nitrogens with zero attached hydrogens (tertiary/aromatic N) is 5. The van der Waals surface area contributed by atoms with Crippen molar-refractivity contribution >= 4 is 43.6 Å². The maximum atomic E-state index is 12.9. The summed E-state index contributed by atoms with van der Waals surface area (Å²) in [7, 11) is -5.61. The summed E-state index contributed by atoms with van der Waals surface area (Å²) < 4.78 is 63.5. The molecule has 0 aliphatic carbocycles. The van der Waals surface area contributed by atoms with Crippen molar-refractivity contribution in [2.75, 3.05) is 22.7 Å². The maximum Gasteiger partial charge on any atom is 0.516 e. The molecule has 0 fully saturated rings. The fourth-order valence-corrected chi connectivity index (χ4v) is 3.83. The Bertz CT molecular complexity index is 976. The van der Waals surface area contributed by atoms with Gasteiger partial charge >= 0.3 is 15.5 Å². The van der Waals surface area contributed by atoms with Crippen LogP contribution in [0.3, 0.4) is 0 Å². The SMILES string of the molecule is CCN1CCC(C)c2cc(N=Nc3nncs3)c(NS(=O)(=O)C(F)(F)F)cc21. The summed E-state index contributed by atoms with van der Waals surface area (Å²) in [6.07, 6.45) is 0.863. The van der Waals surface area contributed by atoms with E-state index < -0.39 is 15.5 Å². The molecule has 0 saturated heterocycles. The zero-order valence-electron chi connectivity index (χ0n) is 14.9. The molecule has 1 aromatic heterocycles. The van der Waals surface area contributed by atoms with E-state index in [-0.39, 0.29) is 22.4 Å². The number of fused-ring (bicyclic) bond motifs is 1. The van der Waals surface area contributed by atoms with E-state index in [1.54, 1.807) is 10.8 Å². The zero-order valence-corrected chi connectivity index (χ0v) is 16.6. The first-order valence-electron chi connectivity index (χ1n) is 8.32. The van der Waals surface area contributed by atoms with E-state index in [9.17, 15) is 21.6 Å². The lowest BCUT2D eigenvalue weighted by atomic mass is 9.90. The number of aromatic nitrogens is 2. The molecule has 1 aromatic carbocycles. The van der Waals surface area contributed by atoms with E-state index in [1.165, 1.54) is 11.6 Å².